The number of hydrogen-bond acceptors (Lipinski definition) is 0. The number of benzene rings is 6. The lowest BCUT2D eigenvalue weighted by Gasteiger charge is -2.23. The molecule has 0 spiro atoms. The molecule has 1 aliphatic rings. The van der Waals surface area contributed by atoms with Crippen LogP contribution >= 0.6 is 0 Å². The zero-order chi connectivity index (χ0) is 26.3. The Balaban J connectivity index is 1.78. The fourth-order valence-corrected chi connectivity index (χ4v) is 6.86. The minimum atomic E-state index is 1.29. The lowest BCUT2D eigenvalue weighted by molar-refractivity contribution is 1.38. The molecule has 0 atom stereocenters. The van der Waals surface area contributed by atoms with E-state index in [4.69, 9.17) is 0 Å². The third-order valence-corrected chi connectivity index (χ3v) is 8.56. The summed E-state index contributed by atoms with van der Waals surface area (Å²) in [4.78, 5) is 0. The summed E-state index contributed by atoms with van der Waals surface area (Å²) in [5.41, 5.74) is 18.8. The summed E-state index contributed by atoms with van der Waals surface area (Å²) in [7, 11) is 0. The molecule has 6 aromatic rings. The van der Waals surface area contributed by atoms with Crippen LogP contribution < -0.4 is 0 Å². The zero-order valence-electron chi connectivity index (χ0n) is 23.1. The highest BCUT2D eigenvalue weighted by Crippen LogP contribution is 2.58. The average Bonchev–Trinajstić information content (AvgIpc) is 3.21. The van der Waals surface area contributed by atoms with Crippen LogP contribution in [0, 0.1) is 41.5 Å². The van der Waals surface area contributed by atoms with Gasteiger partial charge in [0, 0.05) is 0 Å². The maximum absolute atomic E-state index is 2.41. The van der Waals surface area contributed by atoms with E-state index in [0.29, 0.717) is 0 Å². The van der Waals surface area contributed by atoms with Gasteiger partial charge in [-0.2, -0.15) is 0 Å². The molecule has 38 heavy (non-hydrogen) atoms. The summed E-state index contributed by atoms with van der Waals surface area (Å²) >= 11 is 0. The Morgan fingerprint density at radius 1 is 0.342 bits per heavy atom. The maximum atomic E-state index is 2.41. The van der Waals surface area contributed by atoms with E-state index in [9.17, 15) is 0 Å². The van der Waals surface area contributed by atoms with Gasteiger partial charge in [-0.1, -0.05) is 102 Å². The van der Waals surface area contributed by atoms with Gasteiger partial charge in [0.2, 0.25) is 0 Å². The molecule has 0 heterocycles. The second kappa shape index (κ2) is 8.17. The first-order chi connectivity index (χ1) is 18.3. The maximum Gasteiger partial charge on any atom is -0.000731 e. The molecule has 0 aliphatic heterocycles. The fourth-order valence-electron chi connectivity index (χ4n) is 6.86. The highest BCUT2D eigenvalue weighted by molar-refractivity contribution is 6.28. The van der Waals surface area contributed by atoms with E-state index in [1.165, 1.54) is 99.4 Å². The molecule has 184 valence electrons. The van der Waals surface area contributed by atoms with Crippen LogP contribution in [0.1, 0.15) is 33.4 Å². The van der Waals surface area contributed by atoms with Crippen LogP contribution in [0.5, 0.6) is 0 Å². The van der Waals surface area contributed by atoms with E-state index in [1.807, 2.05) is 0 Å². The molecule has 0 amide bonds. The molecule has 0 fully saturated rings. The molecule has 7 rings (SSSR count). The lowest BCUT2D eigenvalue weighted by atomic mass is 9.80. The predicted octanol–water partition coefficient (Wildman–Crippen LogP) is 10.8. The summed E-state index contributed by atoms with van der Waals surface area (Å²) in [5, 5.41) is 5.42. The summed E-state index contributed by atoms with van der Waals surface area (Å²) in [5.74, 6) is 0. The molecule has 0 N–H and O–H groups in total. The van der Waals surface area contributed by atoms with E-state index in [2.05, 4.69) is 126 Å². The fraction of sp³-hybridized carbons (Fsp3) is 0.158. The summed E-state index contributed by atoms with van der Waals surface area (Å²) < 4.78 is 0. The molecule has 1 aliphatic carbocycles. The number of aryl methyl sites for hydroxylation is 6. The van der Waals surface area contributed by atoms with Crippen molar-refractivity contribution in [2.24, 2.45) is 0 Å². The average molecular weight is 489 g/mol. The van der Waals surface area contributed by atoms with E-state index < -0.39 is 0 Å². The zero-order valence-corrected chi connectivity index (χ0v) is 23.1. The molecule has 0 bridgehead atoms. The van der Waals surface area contributed by atoms with Crippen molar-refractivity contribution in [1.82, 2.24) is 0 Å². The third kappa shape index (κ3) is 3.16. The van der Waals surface area contributed by atoms with E-state index in [-0.39, 0.29) is 0 Å². The van der Waals surface area contributed by atoms with Crippen LogP contribution in [-0.4, -0.2) is 0 Å². The molecule has 0 nitrogen and oxygen atoms in total. The van der Waals surface area contributed by atoms with Crippen molar-refractivity contribution in [3.63, 3.8) is 0 Å². The minimum absolute atomic E-state index is 1.29. The van der Waals surface area contributed by atoms with Gasteiger partial charge in [-0.15, -0.1) is 0 Å². The summed E-state index contributed by atoms with van der Waals surface area (Å²) in [6.45, 7) is 13.4. The molecule has 0 saturated carbocycles. The highest BCUT2D eigenvalue weighted by Gasteiger charge is 2.31. The molecule has 0 radical (unpaired) electrons. The van der Waals surface area contributed by atoms with Crippen LogP contribution in [-0.2, 0) is 0 Å². The molecule has 0 unspecified atom stereocenters. The van der Waals surface area contributed by atoms with Gasteiger partial charge in [0.15, 0.2) is 0 Å². The molecule has 0 saturated heterocycles. The van der Waals surface area contributed by atoms with Gasteiger partial charge in [-0.3, -0.25) is 0 Å². The Kier molecular flexibility index (Phi) is 4.94. The summed E-state index contributed by atoms with van der Waals surface area (Å²) in [6, 6.07) is 32.5. The van der Waals surface area contributed by atoms with Crippen LogP contribution in [0.15, 0.2) is 84.9 Å². The van der Waals surface area contributed by atoms with E-state index >= 15 is 0 Å². The van der Waals surface area contributed by atoms with Gasteiger partial charge in [-0.05, 0) is 124 Å². The lowest BCUT2D eigenvalue weighted by Crippen LogP contribution is -1.97. The van der Waals surface area contributed by atoms with Gasteiger partial charge in [0.25, 0.3) is 0 Å². The third-order valence-electron chi connectivity index (χ3n) is 8.56. The van der Waals surface area contributed by atoms with Gasteiger partial charge in [0.1, 0.15) is 0 Å². The van der Waals surface area contributed by atoms with Crippen LogP contribution in [0.25, 0.3) is 66.1 Å². The quantitative estimate of drug-likeness (QED) is 0.227. The Morgan fingerprint density at radius 2 is 0.868 bits per heavy atom. The van der Waals surface area contributed by atoms with Gasteiger partial charge < -0.3 is 0 Å². The van der Waals surface area contributed by atoms with Gasteiger partial charge >= 0.3 is 0 Å². The number of hydrogen-bond donors (Lipinski definition) is 0. The van der Waals surface area contributed by atoms with Crippen LogP contribution in [0.2, 0.25) is 0 Å². The first kappa shape index (κ1) is 23.0. The monoisotopic (exact) mass is 488 g/mol. The standard InChI is InChI=1S/C38H32/c1-21-10-14-28(25(5)18-21)35-30-16-12-23(3)20-33(30)36(29-15-11-22(2)19-26(29)6)37-31-9-7-8-27-24(4)13-17-32(34(27)31)38(35)37/h7-20H,1-6H3. The van der Waals surface area contributed by atoms with Crippen molar-refractivity contribution in [3.05, 3.63) is 118 Å². The SMILES string of the molecule is Cc1ccc(-c2c3c(c(-c4ccc(C)cc4C)c4cc(C)ccc24)-c2cccc4c(C)ccc-3c24)c(C)c1. The topological polar surface area (TPSA) is 0 Å². The first-order valence-electron chi connectivity index (χ1n) is 13.6. The molecular formula is C38H32. The van der Waals surface area contributed by atoms with Crippen molar-refractivity contribution in [2.75, 3.05) is 0 Å². The predicted molar refractivity (Wildman–Crippen MR) is 165 cm³/mol. The van der Waals surface area contributed by atoms with E-state index in [1.54, 1.807) is 0 Å². The summed E-state index contributed by atoms with van der Waals surface area (Å²) in [6.07, 6.45) is 0. The van der Waals surface area contributed by atoms with E-state index in [0.717, 1.165) is 0 Å². The first-order valence-corrected chi connectivity index (χ1v) is 13.6. The van der Waals surface area contributed by atoms with Crippen LogP contribution in [0.3, 0.4) is 0 Å². The second-order valence-corrected chi connectivity index (χ2v) is 11.3. The Hall–Kier alpha value is -4.16. The highest BCUT2D eigenvalue weighted by atomic mass is 14.3. The minimum Gasteiger partial charge on any atom is -0.0610 e. The van der Waals surface area contributed by atoms with Gasteiger partial charge in [-0.25, -0.2) is 0 Å². The largest absolute Gasteiger partial charge is 0.0610 e. The second-order valence-electron chi connectivity index (χ2n) is 11.3. The molecule has 0 aromatic heterocycles. The number of fused-ring (bicyclic) bond motifs is 4. The van der Waals surface area contributed by atoms with Crippen LogP contribution in [0.4, 0.5) is 0 Å². The molecular weight excluding hydrogens is 456 g/mol. The van der Waals surface area contributed by atoms with Crippen molar-refractivity contribution >= 4 is 21.5 Å². The Labute approximate surface area is 225 Å². The van der Waals surface area contributed by atoms with Crippen molar-refractivity contribution < 1.29 is 0 Å². The Morgan fingerprint density at radius 3 is 1.50 bits per heavy atom. The van der Waals surface area contributed by atoms with Gasteiger partial charge in [0.05, 0.1) is 0 Å². The number of rotatable bonds is 2. The van der Waals surface area contributed by atoms with Crippen molar-refractivity contribution in [3.8, 4) is 44.5 Å². The van der Waals surface area contributed by atoms with Crippen molar-refractivity contribution in [1.29, 1.82) is 0 Å². The smallest absolute Gasteiger partial charge is 0.000731 e. The van der Waals surface area contributed by atoms with Crippen molar-refractivity contribution in [2.45, 2.75) is 41.5 Å². The molecule has 0 heteroatoms. The Bertz CT molecular complexity index is 1970. The normalized spacial score (nSPS) is 11.9. The molecule has 6 aromatic carbocycles.